The number of halogens is 1. The maximum absolute atomic E-state index is 15.0. The molecule has 0 aromatic heterocycles. The smallest absolute Gasteiger partial charge is 0.183 e. The summed E-state index contributed by atoms with van der Waals surface area (Å²) in [5, 5.41) is 0. The Bertz CT molecular complexity index is 853. The van der Waals surface area contributed by atoms with Gasteiger partial charge in [-0.3, -0.25) is 0 Å². The molecule has 2 heterocycles. The quantitative estimate of drug-likeness (QED) is 0.374. The maximum Gasteiger partial charge on any atom is 0.183 e. The van der Waals surface area contributed by atoms with Gasteiger partial charge < -0.3 is 18.9 Å². The molecule has 2 aromatic rings. The van der Waals surface area contributed by atoms with Gasteiger partial charge in [0.25, 0.3) is 0 Å². The fraction of sp³-hybridized carbons (Fsp3) is 0.571. The van der Waals surface area contributed by atoms with Crippen molar-refractivity contribution < 1.29 is 23.3 Å². The number of hydrogen-bond acceptors (Lipinski definition) is 4. The van der Waals surface area contributed by atoms with Gasteiger partial charge in [-0.05, 0) is 24.5 Å². The Labute approximate surface area is 197 Å². The minimum Gasteiger partial charge on any atom is -0.348 e. The van der Waals surface area contributed by atoms with Crippen molar-refractivity contribution in [2.75, 3.05) is 26.4 Å². The third-order valence-electron chi connectivity index (χ3n) is 6.61. The van der Waals surface area contributed by atoms with Crippen LogP contribution in [-0.4, -0.2) is 26.4 Å². The molecule has 4 nitrogen and oxygen atoms in total. The summed E-state index contributed by atoms with van der Waals surface area (Å²) in [6, 6.07) is 13.0. The zero-order chi connectivity index (χ0) is 23.0. The van der Waals surface area contributed by atoms with E-state index in [9.17, 15) is 4.39 Å². The molecular formula is C28H37FO4. The van der Waals surface area contributed by atoms with Crippen LogP contribution in [0.5, 0.6) is 0 Å². The fourth-order valence-electron chi connectivity index (χ4n) is 4.63. The Balaban J connectivity index is 1.33. The Morgan fingerprint density at radius 3 is 1.85 bits per heavy atom. The van der Waals surface area contributed by atoms with E-state index >= 15 is 0 Å². The van der Waals surface area contributed by atoms with Crippen molar-refractivity contribution in [3.05, 3.63) is 59.4 Å². The standard InChI is InChI=1S/C28H37FO4/c1-3-5-6-8-21-18-30-27(31-19-21)23-11-9-22(10-12-23)25-14-13-24(15-26(25)29)28-32-16-20(7-4-2)17-33-28/h9-15,20-21,27-28H,3-8,16-19H2,1-2H3. The van der Waals surface area contributed by atoms with Gasteiger partial charge in [-0.15, -0.1) is 0 Å². The molecule has 33 heavy (non-hydrogen) atoms. The zero-order valence-corrected chi connectivity index (χ0v) is 19.9. The molecule has 0 radical (unpaired) electrons. The van der Waals surface area contributed by atoms with Crippen LogP contribution in [0.3, 0.4) is 0 Å². The van der Waals surface area contributed by atoms with Crippen LogP contribution in [0, 0.1) is 17.7 Å². The molecule has 2 fully saturated rings. The van der Waals surface area contributed by atoms with Crippen LogP contribution in [0.4, 0.5) is 4.39 Å². The van der Waals surface area contributed by atoms with Crippen LogP contribution in [0.25, 0.3) is 11.1 Å². The van der Waals surface area contributed by atoms with E-state index in [1.54, 1.807) is 6.07 Å². The van der Waals surface area contributed by atoms with E-state index in [1.807, 2.05) is 30.3 Å². The summed E-state index contributed by atoms with van der Waals surface area (Å²) >= 11 is 0. The van der Waals surface area contributed by atoms with E-state index in [0.29, 0.717) is 30.6 Å². The SMILES string of the molecule is CCCCCC1COC(c2ccc(-c3ccc(C4OCC(CCC)CO4)cc3F)cc2)OC1. The summed E-state index contributed by atoms with van der Waals surface area (Å²) in [7, 11) is 0. The molecule has 2 aromatic carbocycles. The first-order valence-corrected chi connectivity index (χ1v) is 12.5. The van der Waals surface area contributed by atoms with Crippen molar-refractivity contribution in [1.29, 1.82) is 0 Å². The molecular weight excluding hydrogens is 419 g/mol. The largest absolute Gasteiger partial charge is 0.348 e. The first-order valence-electron chi connectivity index (χ1n) is 12.5. The van der Waals surface area contributed by atoms with Crippen molar-refractivity contribution in [1.82, 2.24) is 0 Å². The molecule has 180 valence electrons. The predicted octanol–water partition coefficient (Wildman–Crippen LogP) is 7.20. The summed E-state index contributed by atoms with van der Waals surface area (Å²) < 4.78 is 38.5. The highest BCUT2D eigenvalue weighted by Crippen LogP contribution is 2.32. The molecule has 0 bridgehead atoms. The van der Waals surface area contributed by atoms with E-state index in [2.05, 4.69) is 13.8 Å². The molecule has 2 aliphatic rings. The zero-order valence-electron chi connectivity index (χ0n) is 19.9. The van der Waals surface area contributed by atoms with Gasteiger partial charge in [0.15, 0.2) is 12.6 Å². The lowest BCUT2D eigenvalue weighted by atomic mass is 10.00. The highest BCUT2D eigenvalue weighted by atomic mass is 19.1. The van der Waals surface area contributed by atoms with Crippen LogP contribution in [-0.2, 0) is 18.9 Å². The lowest BCUT2D eigenvalue weighted by Gasteiger charge is -2.30. The Kier molecular flexibility index (Phi) is 8.90. The summed E-state index contributed by atoms with van der Waals surface area (Å²) in [5.74, 6) is 0.635. The van der Waals surface area contributed by atoms with E-state index in [4.69, 9.17) is 18.9 Å². The summed E-state index contributed by atoms with van der Waals surface area (Å²) in [5.41, 5.74) is 3.07. The molecule has 2 saturated heterocycles. The molecule has 4 rings (SSSR count). The van der Waals surface area contributed by atoms with E-state index in [-0.39, 0.29) is 12.1 Å². The average Bonchev–Trinajstić information content (AvgIpc) is 2.85. The van der Waals surface area contributed by atoms with Gasteiger partial charge in [0.05, 0.1) is 26.4 Å². The maximum atomic E-state index is 15.0. The highest BCUT2D eigenvalue weighted by molar-refractivity contribution is 5.65. The van der Waals surface area contributed by atoms with Crippen molar-refractivity contribution in [2.45, 2.75) is 65.0 Å². The normalized spacial score (nSPS) is 25.8. The number of rotatable bonds is 9. The molecule has 0 amide bonds. The van der Waals surface area contributed by atoms with Crippen molar-refractivity contribution in [3.8, 4) is 11.1 Å². The first-order chi connectivity index (χ1) is 16.2. The molecule has 0 spiro atoms. The number of ether oxygens (including phenoxy) is 4. The fourth-order valence-corrected chi connectivity index (χ4v) is 4.63. The molecule has 0 unspecified atom stereocenters. The van der Waals surface area contributed by atoms with E-state index < -0.39 is 6.29 Å². The summed E-state index contributed by atoms with van der Waals surface area (Å²) in [6.45, 7) is 7.16. The lowest BCUT2D eigenvalue weighted by molar-refractivity contribution is -0.206. The molecule has 2 aliphatic heterocycles. The first kappa shape index (κ1) is 24.3. The molecule has 0 atom stereocenters. The lowest BCUT2D eigenvalue weighted by Crippen LogP contribution is -2.27. The van der Waals surface area contributed by atoms with Gasteiger partial charge >= 0.3 is 0 Å². The van der Waals surface area contributed by atoms with Gasteiger partial charge in [-0.25, -0.2) is 4.39 Å². The third-order valence-corrected chi connectivity index (χ3v) is 6.61. The second-order valence-electron chi connectivity index (χ2n) is 9.37. The van der Waals surface area contributed by atoms with E-state index in [0.717, 1.165) is 49.2 Å². The van der Waals surface area contributed by atoms with E-state index in [1.165, 1.54) is 25.3 Å². The molecule has 5 heteroatoms. The number of unbranched alkanes of at least 4 members (excludes halogenated alkanes) is 2. The van der Waals surface area contributed by atoms with Gasteiger partial charge in [-0.1, -0.05) is 75.9 Å². The Morgan fingerprint density at radius 1 is 0.697 bits per heavy atom. The second-order valence-corrected chi connectivity index (χ2v) is 9.37. The van der Waals surface area contributed by atoms with Crippen LogP contribution in [0.1, 0.15) is 76.1 Å². The molecule has 0 saturated carbocycles. The average molecular weight is 457 g/mol. The van der Waals surface area contributed by atoms with Gasteiger partial charge in [0, 0.05) is 28.5 Å². The van der Waals surface area contributed by atoms with Crippen LogP contribution in [0.2, 0.25) is 0 Å². The Hall–Kier alpha value is -1.79. The summed E-state index contributed by atoms with van der Waals surface area (Å²) in [4.78, 5) is 0. The van der Waals surface area contributed by atoms with Crippen LogP contribution < -0.4 is 0 Å². The van der Waals surface area contributed by atoms with Crippen LogP contribution in [0.15, 0.2) is 42.5 Å². The molecule has 0 N–H and O–H groups in total. The number of hydrogen-bond donors (Lipinski definition) is 0. The van der Waals surface area contributed by atoms with Gasteiger partial charge in [-0.2, -0.15) is 0 Å². The second kappa shape index (κ2) is 12.1. The monoisotopic (exact) mass is 456 g/mol. The topological polar surface area (TPSA) is 36.9 Å². The van der Waals surface area contributed by atoms with Crippen molar-refractivity contribution >= 4 is 0 Å². The highest BCUT2D eigenvalue weighted by Gasteiger charge is 2.25. The van der Waals surface area contributed by atoms with Crippen molar-refractivity contribution in [2.24, 2.45) is 11.8 Å². The van der Waals surface area contributed by atoms with Gasteiger partial charge in [0.1, 0.15) is 5.82 Å². The molecule has 0 aliphatic carbocycles. The predicted molar refractivity (Wildman–Crippen MR) is 127 cm³/mol. The van der Waals surface area contributed by atoms with Crippen LogP contribution >= 0.6 is 0 Å². The number of benzene rings is 2. The van der Waals surface area contributed by atoms with Gasteiger partial charge in [0.2, 0.25) is 0 Å². The minimum absolute atomic E-state index is 0.275. The minimum atomic E-state index is -0.490. The van der Waals surface area contributed by atoms with Crippen molar-refractivity contribution in [3.63, 3.8) is 0 Å². The third kappa shape index (κ3) is 6.42. The summed E-state index contributed by atoms with van der Waals surface area (Å²) in [6.07, 6.45) is 6.25. The Morgan fingerprint density at radius 2 is 1.27 bits per heavy atom.